The summed E-state index contributed by atoms with van der Waals surface area (Å²) in [6.45, 7) is 4.12. The average molecular weight is 310 g/mol. The lowest BCUT2D eigenvalue weighted by atomic mass is 9.55. The van der Waals surface area contributed by atoms with Gasteiger partial charge < -0.3 is 10.2 Å². The van der Waals surface area contributed by atoms with Gasteiger partial charge in [0.05, 0.1) is 11.7 Å². The van der Waals surface area contributed by atoms with E-state index in [1.54, 1.807) is 0 Å². The summed E-state index contributed by atoms with van der Waals surface area (Å²) < 4.78 is 0. The number of rotatable bonds is 0. The van der Waals surface area contributed by atoms with Gasteiger partial charge in [0, 0.05) is 0 Å². The SMILES string of the molecule is CC#Cc1cc2c(cc1O)CC[C@H]1[C@@H]2CC[C@]2(C)[C@@H]1CC[C@@H]2O. The molecular formula is C21H26O2. The molecule has 0 radical (unpaired) electrons. The van der Waals surface area contributed by atoms with Crippen LogP contribution < -0.4 is 0 Å². The molecule has 122 valence electrons. The zero-order chi connectivity index (χ0) is 16.2. The summed E-state index contributed by atoms with van der Waals surface area (Å²) in [5, 5.41) is 20.7. The fourth-order valence-corrected chi connectivity index (χ4v) is 5.82. The molecule has 2 heteroatoms. The Labute approximate surface area is 138 Å². The van der Waals surface area contributed by atoms with Crippen LogP contribution in [0.5, 0.6) is 5.75 Å². The summed E-state index contributed by atoms with van der Waals surface area (Å²) in [6.07, 6.45) is 6.56. The van der Waals surface area contributed by atoms with E-state index < -0.39 is 0 Å². The maximum atomic E-state index is 10.5. The number of hydrogen-bond acceptors (Lipinski definition) is 2. The quantitative estimate of drug-likeness (QED) is 0.712. The van der Waals surface area contributed by atoms with E-state index in [0.29, 0.717) is 23.5 Å². The molecule has 23 heavy (non-hydrogen) atoms. The number of phenolic OH excluding ortho intramolecular Hbond substituents is 1. The molecular weight excluding hydrogens is 284 g/mol. The van der Waals surface area contributed by atoms with Gasteiger partial charge in [0.15, 0.2) is 0 Å². The first kappa shape index (κ1) is 15.1. The molecule has 0 unspecified atom stereocenters. The number of aliphatic hydroxyl groups excluding tert-OH is 1. The van der Waals surface area contributed by atoms with Crippen LogP contribution in [0.3, 0.4) is 0 Å². The minimum absolute atomic E-state index is 0.115. The number of hydrogen-bond donors (Lipinski definition) is 2. The van der Waals surface area contributed by atoms with Crippen molar-refractivity contribution in [3.05, 3.63) is 28.8 Å². The Morgan fingerprint density at radius 2 is 2.00 bits per heavy atom. The summed E-state index contributed by atoms with van der Waals surface area (Å²) in [4.78, 5) is 0. The Balaban J connectivity index is 1.74. The van der Waals surface area contributed by atoms with E-state index in [1.165, 1.54) is 24.0 Å². The van der Waals surface area contributed by atoms with Crippen molar-refractivity contribution in [1.29, 1.82) is 0 Å². The molecule has 0 saturated heterocycles. The van der Waals surface area contributed by atoms with Gasteiger partial charge in [-0.25, -0.2) is 0 Å². The van der Waals surface area contributed by atoms with Crippen molar-refractivity contribution >= 4 is 0 Å². The standard InChI is InChI=1S/C21H26O2/c1-3-4-14-11-17-13(12-19(14)22)5-6-16-15(17)9-10-21(2)18(16)7-8-20(21)23/h11-12,15-16,18,20,22-23H,5-10H2,1-2H3/t15-,16-,18+,20-,21+/m0/s1. The lowest BCUT2D eigenvalue weighted by molar-refractivity contribution is -0.0226. The highest BCUT2D eigenvalue weighted by molar-refractivity contribution is 5.52. The van der Waals surface area contributed by atoms with Crippen LogP contribution in [0.15, 0.2) is 12.1 Å². The van der Waals surface area contributed by atoms with Crippen LogP contribution in [0.2, 0.25) is 0 Å². The monoisotopic (exact) mass is 310 g/mol. The number of aliphatic hydroxyl groups is 1. The molecule has 2 fully saturated rings. The first-order valence-electron chi connectivity index (χ1n) is 9.01. The second kappa shape index (κ2) is 5.28. The van der Waals surface area contributed by atoms with Gasteiger partial charge >= 0.3 is 0 Å². The molecule has 4 rings (SSSR count). The Morgan fingerprint density at radius 1 is 1.17 bits per heavy atom. The number of phenols is 1. The molecule has 0 aliphatic heterocycles. The molecule has 0 amide bonds. The first-order chi connectivity index (χ1) is 11.0. The van der Waals surface area contributed by atoms with Gasteiger partial charge in [-0.3, -0.25) is 0 Å². The van der Waals surface area contributed by atoms with Crippen LogP contribution in [0, 0.1) is 29.1 Å². The van der Waals surface area contributed by atoms with Crippen molar-refractivity contribution in [2.75, 3.05) is 0 Å². The molecule has 5 atom stereocenters. The van der Waals surface area contributed by atoms with E-state index in [2.05, 4.69) is 24.8 Å². The van der Waals surface area contributed by atoms with Gasteiger partial charge in [0.2, 0.25) is 0 Å². The van der Waals surface area contributed by atoms with E-state index in [4.69, 9.17) is 0 Å². The normalized spacial score (nSPS) is 38.0. The maximum absolute atomic E-state index is 10.5. The highest BCUT2D eigenvalue weighted by Crippen LogP contribution is 2.61. The zero-order valence-electron chi connectivity index (χ0n) is 14.1. The molecule has 1 aromatic rings. The summed E-state index contributed by atoms with van der Waals surface area (Å²) in [5.41, 5.74) is 3.63. The van der Waals surface area contributed by atoms with Crippen molar-refractivity contribution in [1.82, 2.24) is 0 Å². The minimum Gasteiger partial charge on any atom is -0.507 e. The number of aryl methyl sites for hydroxylation is 1. The highest BCUT2D eigenvalue weighted by atomic mass is 16.3. The molecule has 2 saturated carbocycles. The highest BCUT2D eigenvalue weighted by Gasteiger charge is 2.54. The molecule has 1 aromatic carbocycles. The molecule has 3 aliphatic carbocycles. The van der Waals surface area contributed by atoms with E-state index in [-0.39, 0.29) is 11.5 Å². The van der Waals surface area contributed by atoms with Crippen molar-refractivity contribution in [3.8, 4) is 17.6 Å². The predicted octanol–water partition coefficient (Wildman–Crippen LogP) is 3.98. The van der Waals surface area contributed by atoms with Gasteiger partial charge in [-0.2, -0.15) is 0 Å². The van der Waals surface area contributed by atoms with Crippen LogP contribution in [-0.4, -0.2) is 16.3 Å². The van der Waals surface area contributed by atoms with E-state index in [0.717, 1.165) is 31.2 Å². The second-order valence-corrected chi connectivity index (χ2v) is 8.00. The van der Waals surface area contributed by atoms with Crippen LogP contribution in [0.25, 0.3) is 0 Å². The number of benzene rings is 1. The third kappa shape index (κ3) is 2.13. The molecule has 3 aliphatic rings. The van der Waals surface area contributed by atoms with Gasteiger partial charge in [0.1, 0.15) is 5.75 Å². The second-order valence-electron chi connectivity index (χ2n) is 8.00. The van der Waals surface area contributed by atoms with Crippen molar-refractivity contribution < 1.29 is 10.2 Å². The molecule has 2 nitrogen and oxygen atoms in total. The minimum atomic E-state index is -0.115. The molecule has 2 N–H and O–H groups in total. The molecule has 0 bridgehead atoms. The fourth-order valence-electron chi connectivity index (χ4n) is 5.82. The van der Waals surface area contributed by atoms with Gasteiger partial charge in [-0.1, -0.05) is 12.8 Å². The maximum Gasteiger partial charge on any atom is 0.131 e. The fraction of sp³-hybridized carbons (Fsp3) is 0.619. The van der Waals surface area contributed by atoms with Crippen molar-refractivity contribution in [2.24, 2.45) is 17.3 Å². The third-order valence-electron chi connectivity index (χ3n) is 7.05. The molecule has 0 aromatic heterocycles. The number of aromatic hydroxyl groups is 1. The van der Waals surface area contributed by atoms with E-state index in [9.17, 15) is 10.2 Å². The lowest BCUT2D eigenvalue weighted by Gasteiger charge is -2.50. The Morgan fingerprint density at radius 3 is 2.78 bits per heavy atom. The van der Waals surface area contributed by atoms with Gasteiger partial charge in [0.25, 0.3) is 0 Å². The summed E-state index contributed by atoms with van der Waals surface area (Å²) >= 11 is 0. The third-order valence-corrected chi connectivity index (χ3v) is 7.05. The van der Waals surface area contributed by atoms with Crippen LogP contribution in [0.4, 0.5) is 0 Å². The Hall–Kier alpha value is -1.46. The topological polar surface area (TPSA) is 40.5 Å². The van der Waals surface area contributed by atoms with E-state index >= 15 is 0 Å². The van der Waals surface area contributed by atoms with Gasteiger partial charge in [-0.05, 0) is 91.9 Å². The van der Waals surface area contributed by atoms with Gasteiger partial charge in [-0.15, -0.1) is 5.92 Å². The van der Waals surface area contributed by atoms with Crippen LogP contribution in [-0.2, 0) is 6.42 Å². The predicted molar refractivity (Wildman–Crippen MR) is 91.3 cm³/mol. The van der Waals surface area contributed by atoms with E-state index in [1.807, 2.05) is 13.0 Å². The van der Waals surface area contributed by atoms with Crippen LogP contribution >= 0.6 is 0 Å². The van der Waals surface area contributed by atoms with Crippen molar-refractivity contribution in [2.45, 2.75) is 64.4 Å². The first-order valence-corrected chi connectivity index (χ1v) is 9.01. The largest absolute Gasteiger partial charge is 0.507 e. The Kier molecular flexibility index (Phi) is 3.46. The summed E-state index contributed by atoms with van der Waals surface area (Å²) in [7, 11) is 0. The average Bonchev–Trinajstić information content (AvgIpc) is 2.84. The summed E-state index contributed by atoms with van der Waals surface area (Å²) in [6, 6.07) is 4.09. The molecule has 0 heterocycles. The Bertz CT molecular complexity index is 696. The van der Waals surface area contributed by atoms with Crippen LogP contribution in [0.1, 0.15) is 68.6 Å². The smallest absolute Gasteiger partial charge is 0.131 e. The molecule has 0 spiro atoms. The zero-order valence-corrected chi connectivity index (χ0v) is 14.1. The van der Waals surface area contributed by atoms with Crippen molar-refractivity contribution in [3.63, 3.8) is 0 Å². The lowest BCUT2D eigenvalue weighted by Crippen LogP contribution is -2.43. The number of fused-ring (bicyclic) bond motifs is 5. The summed E-state index contributed by atoms with van der Waals surface area (Å²) in [5.74, 6) is 8.20.